The van der Waals surface area contributed by atoms with E-state index in [0.29, 0.717) is 24.5 Å². The highest BCUT2D eigenvalue weighted by Crippen LogP contribution is 2.57. The van der Waals surface area contributed by atoms with E-state index in [1.165, 1.54) is 0 Å². The zero-order valence-electron chi connectivity index (χ0n) is 17.7. The standard InChI is InChI=1S/C23H34N2O3/c1-14-19-12-17(22(3,4)24-14)13-20-21(16-7-6-8-18(11-16)27-5)28-10-9-23(19,20)25-15(2)26/h6-8,11,14,17,19-21,24H,9-10,12-13H2,1-5H3,(H,25,26)/t14-,17+,19+,20+,21+,23+/m1/s1. The van der Waals surface area contributed by atoms with E-state index in [2.05, 4.69) is 43.5 Å². The van der Waals surface area contributed by atoms with Gasteiger partial charge in [-0.1, -0.05) is 12.1 Å². The van der Waals surface area contributed by atoms with E-state index in [0.717, 1.165) is 30.6 Å². The zero-order valence-corrected chi connectivity index (χ0v) is 17.7. The Labute approximate surface area is 168 Å². The molecule has 1 aromatic carbocycles. The van der Waals surface area contributed by atoms with Gasteiger partial charge in [-0.2, -0.15) is 0 Å². The highest BCUT2D eigenvalue weighted by atomic mass is 16.5. The van der Waals surface area contributed by atoms with E-state index < -0.39 is 0 Å². The first-order chi connectivity index (χ1) is 13.3. The number of ether oxygens (including phenoxy) is 2. The molecular weight excluding hydrogens is 352 g/mol. The molecule has 3 aliphatic rings. The Hall–Kier alpha value is -1.59. The van der Waals surface area contributed by atoms with Crippen LogP contribution in [-0.2, 0) is 9.53 Å². The molecule has 2 N–H and O–H groups in total. The fourth-order valence-electron chi connectivity index (χ4n) is 6.41. The van der Waals surface area contributed by atoms with Gasteiger partial charge in [0.2, 0.25) is 5.91 Å². The minimum absolute atomic E-state index is 0.0258. The van der Waals surface area contributed by atoms with Crippen LogP contribution in [0.25, 0.3) is 0 Å². The second kappa shape index (κ2) is 7.03. The van der Waals surface area contributed by atoms with E-state index in [-0.39, 0.29) is 29.0 Å². The Morgan fingerprint density at radius 1 is 1.29 bits per heavy atom. The second-order valence-electron chi connectivity index (χ2n) is 9.58. The number of fused-ring (bicyclic) bond motifs is 4. The fraction of sp³-hybridized carbons (Fsp3) is 0.696. The van der Waals surface area contributed by atoms with Crippen molar-refractivity contribution in [1.82, 2.24) is 10.6 Å². The summed E-state index contributed by atoms with van der Waals surface area (Å²) in [6.07, 6.45) is 3.05. The average Bonchev–Trinajstić information content (AvgIpc) is 2.64. The molecule has 28 heavy (non-hydrogen) atoms. The quantitative estimate of drug-likeness (QED) is 0.835. The Kier molecular flexibility index (Phi) is 4.95. The highest BCUT2D eigenvalue weighted by Gasteiger charge is 2.60. The van der Waals surface area contributed by atoms with Gasteiger partial charge in [0.25, 0.3) is 0 Å². The molecule has 4 rings (SSSR count). The first-order valence-electron chi connectivity index (χ1n) is 10.6. The Morgan fingerprint density at radius 2 is 2.04 bits per heavy atom. The van der Waals surface area contributed by atoms with Crippen LogP contribution in [0.5, 0.6) is 5.75 Å². The van der Waals surface area contributed by atoms with Crippen LogP contribution in [0.1, 0.15) is 58.6 Å². The van der Waals surface area contributed by atoms with Crippen molar-refractivity contribution in [3.05, 3.63) is 29.8 Å². The number of hydrogen-bond donors (Lipinski definition) is 2. The maximum atomic E-state index is 12.3. The molecule has 6 atom stereocenters. The second-order valence-corrected chi connectivity index (χ2v) is 9.58. The van der Waals surface area contributed by atoms with Crippen molar-refractivity contribution < 1.29 is 14.3 Å². The summed E-state index contributed by atoms with van der Waals surface area (Å²) in [7, 11) is 1.70. The van der Waals surface area contributed by atoms with Crippen molar-refractivity contribution in [1.29, 1.82) is 0 Å². The lowest BCUT2D eigenvalue weighted by molar-refractivity contribution is -0.160. The normalized spacial score (nSPS) is 39.0. The summed E-state index contributed by atoms with van der Waals surface area (Å²) in [6, 6.07) is 8.58. The fourth-order valence-corrected chi connectivity index (χ4v) is 6.41. The monoisotopic (exact) mass is 386 g/mol. The van der Waals surface area contributed by atoms with Gasteiger partial charge in [0.1, 0.15) is 5.75 Å². The summed E-state index contributed by atoms with van der Waals surface area (Å²) in [5.74, 6) is 2.14. The lowest BCUT2D eigenvalue weighted by Crippen LogP contribution is -2.73. The number of amides is 1. The van der Waals surface area contributed by atoms with Crippen molar-refractivity contribution in [3.63, 3.8) is 0 Å². The number of methoxy groups -OCH3 is 1. The molecule has 5 nitrogen and oxygen atoms in total. The first-order valence-corrected chi connectivity index (χ1v) is 10.6. The lowest BCUT2D eigenvalue weighted by Gasteiger charge is -2.63. The van der Waals surface area contributed by atoms with Gasteiger partial charge < -0.3 is 20.1 Å². The smallest absolute Gasteiger partial charge is 0.217 e. The number of piperidine rings is 1. The van der Waals surface area contributed by atoms with Crippen LogP contribution in [0.2, 0.25) is 0 Å². The largest absolute Gasteiger partial charge is 0.497 e. The number of nitrogens with one attached hydrogen (secondary N) is 2. The van der Waals surface area contributed by atoms with Gasteiger partial charge in [-0.25, -0.2) is 0 Å². The van der Waals surface area contributed by atoms with E-state index in [1.54, 1.807) is 14.0 Å². The predicted molar refractivity (Wildman–Crippen MR) is 109 cm³/mol. The Bertz CT molecular complexity index is 749. The topological polar surface area (TPSA) is 59.6 Å². The van der Waals surface area contributed by atoms with Crippen molar-refractivity contribution in [2.45, 2.75) is 70.2 Å². The van der Waals surface area contributed by atoms with Crippen LogP contribution in [0.4, 0.5) is 0 Å². The van der Waals surface area contributed by atoms with Gasteiger partial charge in [-0.3, -0.25) is 4.79 Å². The summed E-state index contributed by atoms with van der Waals surface area (Å²) in [4.78, 5) is 12.3. The number of benzene rings is 1. The molecule has 0 radical (unpaired) electrons. The molecule has 2 aliphatic heterocycles. The molecule has 1 aromatic rings. The molecule has 2 bridgehead atoms. The molecule has 2 saturated heterocycles. The number of rotatable bonds is 3. The Morgan fingerprint density at radius 3 is 2.75 bits per heavy atom. The van der Waals surface area contributed by atoms with Crippen molar-refractivity contribution in [2.24, 2.45) is 17.8 Å². The molecule has 1 saturated carbocycles. The third kappa shape index (κ3) is 3.13. The van der Waals surface area contributed by atoms with Crippen LogP contribution in [0, 0.1) is 17.8 Å². The molecule has 1 aliphatic carbocycles. The molecule has 0 unspecified atom stereocenters. The SMILES string of the molecule is COc1cccc([C@@H]2OCC[C@]3(NC(C)=O)[C@H]4C[C@@H](C[C@@H]23)C(C)(C)N[C@@H]4C)c1. The molecule has 3 fully saturated rings. The summed E-state index contributed by atoms with van der Waals surface area (Å²) in [6.45, 7) is 9.24. The lowest BCUT2D eigenvalue weighted by atomic mass is 9.52. The minimum Gasteiger partial charge on any atom is -0.497 e. The average molecular weight is 387 g/mol. The third-order valence-corrected chi connectivity index (χ3v) is 7.63. The van der Waals surface area contributed by atoms with Gasteiger partial charge >= 0.3 is 0 Å². The van der Waals surface area contributed by atoms with Crippen LogP contribution in [-0.4, -0.2) is 36.7 Å². The number of carbonyl (C=O) groups excluding carboxylic acids is 1. The van der Waals surface area contributed by atoms with Crippen LogP contribution < -0.4 is 15.4 Å². The highest BCUT2D eigenvalue weighted by molar-refractivity contribution is 5.74. The van der Waals surface area contributed by atoms with Gasteiger partial charge in [-0.15, -0.1) is 0 Å². The molecule has 154 valence electrons. The van der Waals surface area contributed by atoms with Crippen molar-refractivity contribution in [3.8, 4) is 5.75 Å². The predicted octanol–water partition coefficient (Wildman–Crippen LogP) is 3.44. The molecular formula is C23H34N2O3. The van der Waals surface area contributed by atoms with Crippen molar-refractivity contribution in [2.75, 3.05) is 13.7 Å². The van der Waals surface area contributed by atoms with Gasteiger partial charge in [0.05, 0.1) is 18.8 Å². The minimum atomic E-state index is -0.225. The maximum Gasteiger partial charge on any atom is 0.217 e. The number of carbonyl (C=O) groups is 1. The number of hydrogen-bond acceptors (Lipinski definition) is 4. The van der Waals surface area contributed by atoms with Crippen LogP contribution in [0.3, 0.4) is 0 Å². The van der Waals surface area contributed by atoms with Crippen LogP contribution in [0.15, 0.2) is 24.3 Å². The van der Waals surface area contributed by atoms with Crippen LogP contribution >= 0.6 is 0 Å². The van der Waals surface area contributed by atoms with E-state index in [9.17, 15) is 4.79 Å². The summed E-state index contributed by atoms with van der Waals surface area (Å²) in [5, 5.41) is 7.30. The van der Waals surface area contributed by atoms with Gasteiger partial charge in [-0.05, 0) is 69.6 Å². The first kappa shape index (κ1) is 19.7. The molecule has 5 heteroatoms. The van der Waals surface area contributed by atoms with Gasteiger partial charge in [0.15, 0.2) is 0 Å². The third-order valence-electron chi connectivity index (χ3n) is 7.63. The van der Waals surface area contributed by atoms with E-state index in [1.807, 2.05) is 12.1 Å². The van der Waals surface area contributed by atoms with E-state index >= 15 is 0 Å². The Balaban J connectivity index is 1.78. The summed E-state index contributed by atoms with van der Waals surface area (Å²) in [5.41, 5.74) is 1.02. The maximum absolute atomic E-state index is 12.3. The molecule has 1 amide bonds. The van der Waals surface area contributed by atoms with E-state index in [4.69, 9.17) is 9.47 Å². The zero-order chi connectivity index (χ0) is 20.1. The molecule has 0 spiro atoms. The summed E-state index contributed by atoms with van der Waals surface area (Å²) >= 11 is 0. The van der Waals surface area contributed by atoms with Crippen molar-refractivity contribution >= 4 is 5.91 Å². The summed E-state index contributed by atoms with van der Waals surface area (Å²) < 4.78 is 11.8. The molecule has 0 aromatic heterocycles. The molecule has 2 heterocycles. The van der Waals surface area contributed by atoms with Gasteiger partial charge in [0, 0.05) is 31.0 Å².